The maximum Gasteiger partial charge on any atom is 0.156 e. The third-order valence-corrected chi connectivity index (χ3v) is 2.90. The number of benzene rings is 1. The Morgan fingerprint density at radius 2 is 1.95 bits per heavy atom. The van der Waals surface area contributed by atoms with Crippen LogP contribution in [0.3, 0.4) is 0 Å². The minimum Gasteiger partial charge on any atom is -0.454 e. The van der Waals surface area contributed by atoms with Crippen molar-refractivity contribution in [3.8, 4) is 11.5 Å². The van der Waals surface area contributed by atoms with Crippen molar-refractivity contribution >= 4 is 16.7 Å². The van der Waals surface area contributed by atoms with Gasteiger partial charge < -0.3 is 10.5 Å². The van der Waals surface area contributed by atoms with Crippen molar-refractivity contribution in [3.63, 3.8) is 0 Å². The minimum atomic E-state index is -0.0549. The summed E-state index contributed by atoms with van der Waals surface area (Å²) < 4.78 is 5.86. The van der Waals surface area contributed by atoms with Gasteiger partial charge in [0, 0.05) is 17.8 Å². The van der Waals surface area contributed by atoms with Crippen molar-refractivity contribution in [2.75, 3.05) is 0 Å². The van der Waals surface area contributed by atoms with Crippen LogP contribution in [-0.2, 0) is 0 Å². The molecule has 3 N–H and O–H groups in total. The number of amidine groups is 1. The number of fused-ring (bicyclic) bond motifs is 1. The van der Waals surface area contributed by atoms with Crippen LogP contribution in [0.25, 0.3) is 10.9 Å². The van der Waals surface area contributed by atoms with Crippen molar-refractivity contribution in [3.05, 3.63) is 60.6 Å². The van der Waals surface area contributed by atoms with Crippen LogP contribution in [0.5, 0.6) is 11.5 Å². The number of nitrogens with two attached hydrogens (primary N) is 1. The molecule has 0 spiro atoms. The first-order chi connectivity index (χ1) is 9.75. The fourth-order valence-electron chi connectivity index (χ4n) is 1.97. The Bertz CT molecular complexity index is 780. The maximum absolute atomic E-state index is 7.56. The maximum atomic E-state index is 7.56. The van der Waals surface area contributed by atoms with E-state index in [2.05, 4.69) is 9.97 Å². The lowest BCUT2D eigenvalue weighted by molar-refractivity contribution is 0.484. The molecule has 0 aliphatic rings. The second-order valence-electron chi connectivity index (χ2n) is 4.21. The average molecular weight is 264 g/mol. The van der Waals surface area contributed by atoms with Crippen molar-refractivity contribution < 1.29 is 4.74 Å². The summed E-state index contributed by atoms with van der Waals surface area (Å²) in [6, 6.07) is 11.1. The van der Waals surface area contributed by atoms with Gasteiger partial charge in [-0.2, -0.15) is 0 Å². The molecule has 0 unspecified atom stereocenters. The lowest BCUT2D eigenvalue weighted by Gasteiger charge is -2.11. The number of pyridine rings is 2. The summed E-state index contributed by atoms with van der Waals surface area (Å²) in [5.74, 6) is 1.06. The summed E-state index contributed by atoms with van der Waals surface area (Å²) in [6.45, 7) is 0. The predicted molar refractivity (Wildman–Crippen MR) is 77.1 cm³/mol. The van der Waals surface area contributed by atoms with E-state index in [1.165, 1.54) is 0 Å². The molecule has 0 amide bonds. The number of ether oxygens (including phenoxy) is 1. The highest BCUT2D eigenvalue weighted by Crippen LogP contribution is 2.30. The number of rotatable bonds is 3. The van der Waals surface area contributed by atoms with Crippen LogP contribution >= 0.6 is 0 Å². The molecule has 0 radical (unpaired) electrons. The summed E-state index contributed by atoms with van der Waals surface area (Å²) >= 11 is 0. The molecule has 5 heteroatoms. The zero-order valence-electron chi connectivity index (χ0n) is 10.6. The molecular formula is C15H12N4O. The van der Waals surface area contributed by atoms with Gasteiger partial charge in [0.05, 0.1) is 17.3 Å². The standard InChI is InChI=1S/C15H12N4O/c16-15(17)11-6-8-18-9-14(11)20-13-5-1-4-12-10(13)3-2-7-19-12/h1-9H,(H3,16,17). The molecule has 0 bridgehead atoms. The molecule has 2 heterocycles. The zero-order chi connectivity index (χ0) is 13.9. The van der Waals surface area contributed by atoms with Gasteiger partial charge >= 0.3 is 0 Å². The van der Waals surface area contributed by atoms with Crippen molar-refractivity contribution in [2.24, 2.45) is 5.73 Å². The summed E-state index contributed by atoms with van der Waals surface area (Å²) in [4.78, 5) is 8.29. The van der Waals surface area contributed by atoms with E-state index >= 15 is 0 Å². The van der Waals surface area contributed by atoms with Crippen LogP contribution in [0.1, 0.15) is 5.56 Å². The smallest absolute Gasteiger partial charge is 0.156 e. The first-order valence-electron chi connectivity index (χ1n) is 6.06. The molecule has 3 aromatic rings. The monoisotopic (exact) mass is 264 g/mol. The van der Waals surface area contributed by atoms with Gasteiger partial charge in [0.2, 0.25) is 0 Å². The Morgan fingerprint density at radius 1 is 1.05 bits per heavy atom. The Morgan fingerprint density at radius 3 is 2.80 bits per heavy atom. The highest BCUT2D eigenvalue weighted by atomic mass is 16.5. The lowest BCUT2D eigenvalue weighted by atomic mass is 10.2. The van der Waals surface area contributed by atoms with Crippen molar-refractivity contribution in [1.29, 1.82) is 5.41 Å². The van der Waals surface area contributed by atoms with Crippen LogP contribution in [0.4, 0.5) is 0 Å². The summed E-state index contributed by atoms with van der Waals surface area (Å²) in [7, 11) is 0. The zero-order valence-corrected chi connectivity index (χ0v) is 10.6. The molecule has 0 aliphatic carbocycles. The van der Waals surface area contributed by atoms with Crippen LogP contribution in [0.2, 0.25) is 0 Å². The Balaban J connectivity index is 2.08. The normalized spacial score (nSPS) is 10.4. The molecule has 2 aromatic heterocycles. The van der Waals surface area contributed by atoms with Crippen LogP contribution < -0.4 is 10.5 Å². The van der Waals surface area contributed by atoms with E-state index in [0.29, 0.717) is 17.1 Å². The molecule has 0 aliphatic heterocycles. The van der Waals surface area contributed by atoms with Gasteiger partial charge in [0.1, 0.15) is 11.6 Å². The molecule has 0 atom stereocenters. The summed E-state index contributed by atoms with van der Waals surface area (Å²) in [6.07, 6.45) is 4.86. The molecule has 98 valence electrons. The van der Waals surface area contributed by atoms with Gasteiger partial charge in [-0.15, -0.1) is 0 Å². The Labute approximate surface area is 115 Å². The molecule has 5 nitrogen and oxygen atoms in total. The summed E-state index contributed by atoms with van der Waals surface area (Å²) in [5, 5.41) is 8.46. The fraction of sp³-hybridized carbons (Fsp3) is 0. The van der Waals surface area contributed by atoms with E-state index in [1.807, 2.05) is 30.3 Å². The molecule has 0 fully saturated rings. The van der Waals surface area contributed by atoms with E-state index in [4.69, 9.17) is 15.9 Å². The minimum absolute atomic E-state index is 0.0549. The highest BCUT2D eigenvalue weighted by molar-refractivity contribution is 5.97. The molecule has 3 rings (SSSR count). The van der Waals surface area contributed by atoms with Crippen molar-refractivity contribution in [1.82, 2.24) is 9.97 Å². The Kier molecular flexibility index (Phi) is 3.01. The van der Waals surface area contributed by atoms with Gasteiger partial charge in [0.15, 0.2) is 5.75 Å². The topological polar surface area (TPSA) is 84.9 Å². The predicted octanol–water partition coefficient (Wildman–Crippen LogP) is 2.71. The molecule has 0 saturated carbocycles. The average Bonchev–Trinajstić information content (AvgIpc) is 2.48. The van der Waals surface area contributed by atoms with Gasteiger partial charge in [-0.25, -0.2) is 0 Å². The van der Waals surface area contributed by atoms with E-state index in [9.17, 15) is 0 Å². The van der Waals surface area contributed by atoms with E-state index < -0.39 is 0 Å². The number of nitrogens with zero attached hydrogens (tertiary/aromatic N) is 2. The SMILES string of the molecule is N=C(N)c1ccncc1Oc1cccc2ncccc12. The third kappa shape index (κ3) is 2.16. The van der Waals surface area contributed by atoms with Gasteiger partial charge in [-0.3, -0.25) is 15.4 Å². The Hall–Kier alpha value is -2.95. The first-order valence-corrected chi connectivity index (χ1v) is 6.06. The van der Waals surface area contributed by atoms with Crippen LogP contribution in [-0.4, -0.2) is 15.8 Å². The number of hydrogen-bond acceptors (Lipinski definition) is 4. The van der Waals surface area contributed by atoms with E-state index in [0.717, 1.165) is 10.9 Å². The van der Waals surface area contributed by atoms with Crippen molar-refractivity contribution in [2.45, 2.75) is 0 Å². The fourth-order valence-corrected chi connectivity index (χ4v) is 1.97. The number of nitrogen functional groups attached to an aromatic ring is 1. The van der Waals surface area contributed by atoms with Gasteiger partial charge in [-0.05, 0) is 30.3 Å². The first kappa shape index (κ1) is 12.1. The second-order valence-corrected chi connectivity index (χ2v) is 4.21. The lowest BCUT2D eigenvalue weighted by Crippen LogP contribution is -2.12. The molecule has 0 saturated heterocycles. The number of nitrogens with one attached hydrogen (secondary N) is 1. The van der Waals surface area contributed by atoms with E-state index in [-0.39, 0.29) is 5.84 Å². The quantitative estimate of drug-likeness (QED) is 0.562. The van der Waals surface area contributed by atoms with Crippen LogP contribution in [0.15, 0.2) is 55.0 Å². The number of aromatic nitrogens is 2. The van der Waals surface area contributed by atoms with Gasteiger partial charge in [-0.1, -0.05) is 6.07 Å². The second kappa shape index (κ2) is 4.97. The third-order valence-electron chi connectivity index (χ3n) is 2.90. The van der Waals surface area contributed by atoms with Gasteiger partial charge in [0.25, 0.3) is 0 Å². The highest BCUT2D eigenvalue weighted by Gasteiger charge is 2.09. The van der Waals surface area contributed by atoms with E-state index in [1.54, 1.807) is 24.7 Å². The molecule has 20 heavy (non-hydrogen) atoms. The molecular weight excluding hydrogens is 252 g/mol. The van der Waals surface area contributed by atoms with Crippen LogP contribution in [0, 0.1) is 5.41 Å². The summed E-state index contributed by atoms with van der Waals surface area (Å²) in [5.41, 5.74) is 6.90. The number of hydrogen-bond donors (Lipinski definition) is 2. The largest absolute Gasteiger partial charge is 0.454 e. The molecule has 1 aromatic carbocycles.